The summed E-state index contributed by atoms with van der Waals surface area (Å²) < 4.78 is 10.6. The summed E-state index contributed by atoms with van der Waals surface area (Å²) >= 11 is 2.60. The molecule has 1 N–H and O–H groups in total. The number of ether oxygens (including phenoxy) is 2. The number of benzene rings is 2. The monoisotopic (exact) mass is 456 g/mol. The van der Waals surface area contributed by atoms with E-state index < -0.39 is 0 Å². The Labute approximate surface area is 188 Å². The number of hydrogen-bond donors (Lipinski definition) is 1. The second-order valence-corrected chi connectivity index (χ2v) is 8.69. The lowest BCUT2D eigenvalue weighted by Crippen LogP contribution is -2.37. The number of amides is 3. The topological polar surface area (TPSA) is 84.9 Å². The number of carbonyl (C=O) groups excluding carboxylic acids is 3. The molecular weight excluding hydrogens is 436 g/mol. The summed E-state index contributed by atoms with van der Waals surface area (Å²) in [6.45, 7) is 0.461. The van der Waals surface area contributed by atoms with E-state index in [1.165, 1.54) is 0 Å². The zero-order valence-electron chi connectivity index (χ0n) is 16.8. The maximum absolute atomic E-state index is 12.6. The van der Waals surface area contributed by atoms with Crippen molar-refractivity contribution in [1.29, 1.82) is 0 Å². The van der Waals surface area contributed by atoms with Crippen molar-refractivity contribution in [3.8, 4) is 11.5 Å². The Bertz CT molecular complexity index is 1050. The van der Waals surface area contributed by atoms with Crippen LogP contribution in [0.25, 0.3) is 6.08 Å². The summed E-state index contributed by atoms with van der Waals surface area (Å²) in [4.78, 5) is 38.7. The van der Waals surface area contributed by atoms with E-state index in [4.69, 9.17) is 9.47 Å². The molecule has 2 heterocycles. The number of nitrogens with zero attached hydrogens (tertiary/aromatic N) is 1. The summed E-state index contributed by atoms with van der Waals surface area (Å²) in [6.07, 6.45) is 3.68. The van der Waals surface area contributed by atoms with Gasteiger partial charge in [0.1, 0.15) is 0 Å². The van der Waals surface area contributed by atoms with E-state index in [0.717, 1.165) is 33.5 Å². The quantitative estimate of drug-likeness (QED) is 0.635. The minimum Gasteiger partial charge on any atom is -0.454 e. The number of imide groups is 1. The molecule has 2 aliphatic heterocycles. The molecular formula is C22H20N2O5S2. The third kappa shape index (κ3) is 4.88. The van der Waals surface area contributed by atoms with Crippen LogP contribution in [0.2, 0.25) is 0 Å². The average molecular weight is 457 g/mol. The zero-order chi connectivity index (χ0) is 21.8. The Balaban J connectivity index is 1.33. The number of fused-ring (bicyclic) bond motifs is 1. The molecule has 0 bridgehead atoms. The number of nitrogens with one attached hydrogen (secondary N) is 1. The van der Waals surface area contributed by atoms with Crippen molar-refractivity contribution in [2.45, 2.75) is 5.75 Å². The first-order valence-electron chi connectivity index (χ1n) is 9.56. The summed E-state index contributed by atoms with van der Waals surface area (Å²) in [6, 6.07) is 12.7. The van der Waals surface area contributed by atoms with Crippen LogP contribution in [-0.2, 0) is 10.5 Å². The van der Waals surface area contributed by atoms with Crippen LogP contribution in [0.3, 0.4) is 0 Å². The van der Waals surface area contributed by atoms with E-state index in [1.54, 1.807) is 48.2 Å². The molecule has 0 atom stereocenters. The van der Waals surface area contributed by atoms with Crippen molar-refractivity contribution >= 4 is 46.7 Å². The molecule has 7 nitrogen and oxygen atoms in total. The number of thioether (sulfide) groups is 2. The fourth-order valence-electron chi connectivity index (χ4n) is 3.15. The van der Waals surface area contributed by atoms with E-state index >= 15 is 0 Å². The maximum atomic E-state index is 12.6. The van der Waals surface area contributed by atoms with Gasteiger partial charge in [-0.05, 0) is 59.5 Å². The molecule has 1 fully saturated rings. The van der Waals surface area contributed by atoms with Gasteiger partial charge in [0.05, 0.1) is 4.91 Å². The summed E-state index contributed by atoms with van der Waals surface area (Å²) in [7, 11) is 0. The molecule has 2 aromatic carbocycles. The maximum Gasteiger partial charge on any atom is 0.293 e. The smallest absolute Gasteiger partial charge is 0.293 e. The SMILES string of the molecule is CSCc1ccc(C(=O)NCCN2C(=O)S/C(=C\c3ccc4c(c3)OCO4)C2=O)cc1. The van der Waals surface area contributed by atoms with Crippen LogP contribution >= 0.6 is 23.5 Å². The Hall–Kier alpha value is -2.91. The second kappa shape index (κ2) is 9.49. The number of hydrogen-bond acceptors (Lipinski definition) is 7. The first-order chi connectivity index (χ1) is 15.0. The lowest BCUT2D eigenvalue weighted by atomic mass is 10.1. The predicted molar refractivity (Wildman–Crippen MR) is 121 cm³/mol. The lowest BCUT2D eigenvalue weighted by molar-refractivity contribution is -0.122. The van der Waals surface area contributed by atoms with E-state index in [0.29, 0.717) is 22.0 Å². The van der Waals surface area contributed by atoms with Crippen LogP contribution in [0.1, 0.15) is 21.5 Å². The van der Waals surface area contributed by atoms with Crippen LogP contribution in [0.5, 0.6) is 11.5 Å². The fourth-order valence-corrected chi connectivity index (χ4v) is 4.54. The van der Waals surface area contributed by atoms with Crippen LogP contribution in [-0.4, -0.2) is 48.1 Å². The molecule has 3 amide bonds. The molecule has 2 aromatic rings. The first-order valence-corrected chi connectivity index (χ1v) is 11.8. The third-order valence-electron chi connectivity index (χ3n) is 4.72. The van der Waals surface area contributed by atoms with E-state index in [9.17, 15) is 14.4 Å². The average Bonchev–Trinajstić information content (AvgIpc) is 3.33. The van der Waals surface area contributed by atoms with Gasteiger partial charge in [-0.25, -0.2) is 0 Å². The molecule has 160 valence electrons. The second-order valence-electron chi connectivity index (χ2n) is 6.83. The minimum absolute atomic E-state index is 0.111. The van der Waals surface area contributed by atoms with Crippen molar-refractivity contribution in [2.75, 3.05) is 26.1 Å². The molecule has 0 radical (unpaired) electrons. The molecule has 0 aliphatic carbocycles. The molecule has 4 rings (SSSR count). The summed E-state index contributed by atoms with van der Waals surface area (Å²) in [5, 5.41) is 2.41. The van der Waals surface area contributed by atoms with Crippen molar-refractivity contribution in [1.82, 2.24) is 10.2 Å². The van der Waals surface area contributed by atoms with Crippen molar-refractivity contribution in [2.24, 2.45) is 0 Å². The first kappa shape index (κ1) is 21.3. The minimum atomic E-state index is -0.372. The highest BCUT2D eigenvalue weighted by Crippen LogP contribution is 2.36. The van der Waals surface area contributed by atoms with Crippen molar-refractivity contribution in [3.63, 3.8) is 0 Å². The largest absolute Gasteiger partial charge is 0.454 e. The van der Waals surface area contributed by atoms with Gasteiger partial charge in [-0.2, -0.15) is 11.8 Å². The Kier molecular flexibility index (Phi) is 6.53. The number of rotatable bonds is 7. The van der Waals surface area contributed by atoms with E-state index in [2.05, 4.69) is 5.32 Å². The fraction of sp³-hybridized carbons (Fsp3) is 0.227. The van der Waals surface area contributed by atoms with Crippen LogP contribution < -0.4 is 14.8 Å². The van der Waals surface area contributed by atoms with Gasteiger partial charge in [0.25, 0.3) is 17.1 Å². The molecule has 9 heteroatoms. The van der Waals surface area contributed by atoms with E-state index in [-0.39, 0.29) is 36.9 Å². The molecule has 1 saturated heterocycles. The molecule has 0 spiro atoms. The van der Waals surface area contributed by atoms with Crippen LogP contribution in [0.4, 0.5) is 4.79 Å². The molecule has 0 saturated carbocycles. The Morgan fingerprint density at radius 3 is 2.71 bits per heavy atom. The molecule has 2 aliphatic rings. The summed E-state index contributed by atoms with van der Waals surface area (Å²) in [5.74, 6) is 1.54. The Morgan fingerprint density at radius 2 is 1.94 bits per heavy atom. The van der Waals surface area contributed by atoms with Gasteiger partial charge in [0.15, 0.2) is 11.5 Å². The highest BCUT2D eigenvalue weighted by atomic mass is 32.2. The molecule has 0 unspecified atom stereocenters. The van der Waals surface area contributed by atoms with Gasteiger partial charge in [0.2, 0.25) is 6.79 Å². The number of carbonyl (C=O) groups is 3. The van der Waals surface area contributed by atoms with Gasteiger partial charge in [0, 0.05) is 24.4 Å². The predicted octanol–water partition coefficient (Wildman–Crippen LogP) is 3.74. The van der Waals surface area contributed by atoms with Gasteiger partial charge in [-0.1, -0.05) is 18.2 Å². The Morgan fingerprint density at radius 1 is 1.16 bits per heavy atom. The summed E-state index contributed by atoms with van der Waals surface area (Å²) in [5.41, 5.74) is 2.44. The normalized spacial score (nSPS) is 16.3. The molecule has 0 aromatic heterocycles. The van der Waals surface area contributed by atoms with Crippen LogP contribution in [0, 0.1) is 0 Å². The van der Waals surface area contributed by atoms with Crippen LogP contribution in [0.15, 0.2) is 47.4 Å². The highest BCUT2D eigenvalue weighted by molar-refractivity contribution is 8.18. The lowest BCUT2D eigenvalue weighted by Gasteiger charge is -2.13. The van der Waals surface area contributed by atoms with Gasteiger partial charge in [-0.3, -0.25) is 19.3 Å². The third-order valence-corrected chi connectivity index (χ3v) is 6.25. The highest BCUT2D eigenvalue weighted by Gasteiger charge is 2.34. The molecule has 31 heavy (non-hydrogen) atoms. The van der Waals surface area contributed by atoms with Gasteiger partial charge >= 0.3 is 0 Å². The van der Waals surface area contributed by atoms with Crippen molar-refractivity contribution in [3.05, 3.63) is 64.1 Å². The standard InChI is InChI=1S/C22H20N2O5S2/c1-30-12-14-2-5-16(6-3-14)20(25)23-8-9-24-21(26)19(31-22(24)27)11-15-4-7-17-18(10-15)29-13-28-17/h2-7,10-11H,8-9,12-13H2,1H3,(H,23,25)/b19-11-. The van der Waals surface area contributed by atoms with E-state index in [1.807, 2.05) is 18.4 Å². The zero-order valence-corrected chi connectivity index (χ0v) is 18.4. The van der Waals surface area contributed by atoms with Gasteiger partial charge < -0.3 is 14.8 Å². The van der Waals surface area contributed by atoms with Crippen molar-refractivity contribution < 1.29 is 23.9 Å². The van der Waals surface area contributed by atoms with Gasteiger partial charge in [-0.15, -0.1) is 0 Å².